The molecule has 0 saturated carbocycles. The van der Waals surface area contributed by atoms with E-state index in [2.05, 4.69) is 6.92 Å². The van der Waals surface area contributed by atoms with Crippen LogP contribution in [-0.2, 0) is 14.3 Å². The van der Waals surface area contributed by atoms with Crippen LogP contribution in [0.4, 0.5) is 5.69 Å². The maximum atomic E-state index is 12.7. The molecule has 0 aliphatic carbocycles. The lowest BCUT2D eigenvalue weighted by atomic mass is 10.2. The number of ether oxygens (including phenoxy) is 2. The van der Waals surface area contributed by atoms with Gasteiger partial charge in [-0.2, -0.15) is 0 Å². The first-order valence-electron chi connectivity index (χ1n) is 9.05. The van der Waals surface area contributed by atoms with Crippen molar-refractivity contribution in [3.63, 3.8) is 0 Å². The van der Waals surface area contributed by atoms with Crippen LogP contribution < -0.4 is 9.64 Å². The van der Waals surface area contributed by atoms with E-state index in [-0.39, 0.29) is 18.3 Å². The van der Waals surface area contributed by atoms with Gasteiger partial charge in [-0.1, -0.05) is 19.1 Å². The van der Waals surface area contributed by atoms with E-state index in [0.717, 1.165) is 27.6 Å². The maximum absolute atomic E-state index is 12.7. The first kappa shape index (κ1) is 20.6. The molecule has 0 saturated heterocycles. The van der Waals surface area contributed by atoms with Gasteiger partial charge in [-0.25, -0.2) is 0 Å². The Kier molecular flexibility index (Phi) is 7.28. The molecule has 0 spiro atoms. The predicted molar refractivity (Wildman–Crippen MR) is 113 cm³/mol. The lowest BCUT2D eigenvalue weighted by molar-refractivity contribution is -0.145. The van der Waals surface area contributed by atoms with Crippen molar-refractivity contribution in [1.82, 2.24) is 0 Å². The monoisotopic (exact) mass is 417 g/mol. The Morgan fingerprint density at radius 1 is 1.18 bits per heavy atom. The zero-order chi connectivity index (χ0) is 19.9. The fourth-order valence-electron chi connectivity index (χ4n) is 2.82. The lowest BCUT2D eigenvalue weighted by Crippen LogP contribution is -2.36. The van der Waals surface area contributed by atoms with Crippen LogP contribution in [0.5, 0.6) is 5.75 Å². The van der Waals surface area contributed by atoms with Crippen molar-refractivity contribution < 1.29 is 19.1 Å². The molecule has 7 heteroatoms. The zero-order valence-electron chi connectivity index (χ0n) is 15.9. The third kappa shape index (κ3) is 5.45. The molecule has 0 fully saturated rings. The topological polar surface area (TPSA) is 55.8 Å². The minimum absolute atomic E-state index is 0.156. The molecular weight excluding hydrogens is 394 g/mol. The van der Waals surface area contributed by atoms with Gasteiger partial charge in [-0.3, -0.25) is 9.59 Å². The molecule has 0 aromatic heterocycles. The Bertz CT molecular complexity index is 825. The summed E-state index contributed by atoms with van der Waals surface area (Å²) in [5.41, 5.74) is 0.894. The summed E-state index contributed by atoms with van der Waals surface area (Å²) in [6.07, 6.45) is 0.895. The Morgan fingerprint density at radius 3 is 2.68 bits per heavy atom. The molecule has 5 nitrogen and oxygen atoms in total. The van der Waals surface area contributed by atoms with Crippen LogP contribution >= 0.6 is 23.5 Å². The van der Waals surface area contributed by atoms with Gasteiger partial charge in [0.15, 0.2) is 6.61 Å². The van der Waals surface area contributed by atoms with E-state index in [1.54, 1.807) is 23.8 Å². The predicted octanol–water partition coefficient (Wildman–Crippen LogP) is 4.25. The molecule has 28 heavy (non-hydrogen) atoms. The molecule has 0 unspecified atom stereocenters. The molecule has 3 rings (SSSR count). The van der Waals surface area contributed by atoms with E-state index in [0.29, 0.717) is 11.8 Å². The standard InChI is InChI=1S/C21H23NO4S2/c1-15-11-12-22(18-5-3-4-6-19(18)28-15)20(23)13-26-21(24)14-27-17-9-7-16(25-2)8-10-17/h3-10,15H,11-14H2,1-2H3/t15-/m0/s1. The first-order valence-corrected chi connectivity index (χ1v) is 10.9. The van der Waals surface area contributed by atoms with E-state index in [1.165, 1.54) is 11.8 Å². The summed E-state index contributed by atoms with van der Waals surface area (Å²) in [4.78, 5) is 28.5. The second kappa shape index (κ2) is 9.89. The highest BCUT2D eigenvalue weighted by molar-refractivity contribution is 8.00. The van der Waals surface area contributed by atoms with Crippen molar-refractivity contribution in [3.8, 4) is 5.75 Å². The number of benzene rings is 2. The lowest BCUT2D eigenvalue weighted by Gasteiger charge is -2.22. The van der Waals surface area contributed by atoms with Crippen molar-refractivity contribution in [2.24, 2.45) is 0 Å². The molecule has 0 bridgehead atoms. The summed E-state index contributed by atoms with van der Waals surface area (Å²) in [5.74, 6) is 0.330. The number of rotatable bonds is 6. The van der Waals surface area contributed by atoms with E-state index in [1.807, 2.05) is 48.5 Å². The fourth-order valence-corrected chi connectivity index (χ4v) is 4.63. The molecule has 1 aliphatic heterocycles. The molecule has 1 atom stereocenters. The number of hydrogen-bond donors (Lipinski definition) is 0. The summed E-state index contributed by atoms with van der Waals surface area (Å²) in [6.45, 7) is 2.55. The highest BCUT2D eigenvalue weighted by Crippen LogP contribution is 2.37. The summed E-state index contributed by atoms with van der Waals surface area (Å²) < 4.78 is 10.3. The van der Waals surface area contributed by atoms with Crippen LogP contribution in [0.1, 0.15) is 13.3 Å². The van der Waals surface area contributed by atoms with Crippen molar-refractivity contribution >= 4 is 41.1 Å². The van der Waals surface area contributed by atoms with E-state index in [9.17, 15) is 9.59 Å². The summed E-state index contributed by atoms with van der Waals surface area (Å²) in [7, 11) is 1.61. The Labute approximate surface area is 173 Å². The number of methoxy groups -OCH3 is 1. The van der Waals surface area contributed by atoms with Gasteiger partial charge >= 0.3 is 5.97 Å². The Morgan fingerprint density at radius 2 is 1.93 bits per heavy atom. The van der Waals surface area contributed by atoms with Gasteiger partial charge in [-0.15, -0.1) is 23.5 Å². The average molecular weight is 418 g/mol. The number of anilines is 1. The van der Waals surface area contributed by atoms with Gasteiger partial charge in [0.1, 0.15) is 5.75 Å². The van der Waals surface area contributed by atoms with E-state index < -0.39 is 5.97 Å². The van der Waals surface area contributed by atoms with Gasteiger partial charge < -0.3 is 14.4 Å². The van der Waals surface area contributed by atoms with Crippen molar-refractivity contribution in [2.45, 2.75) is 28.4 Å². The summed E-state index contributed by atoms with van der Waals surface area (Å²) in [6, 6.07) is 15.3. The zero-order valence-corrected chi connectivity index (χ0v) is 17.6. The Balaban J connectivity index is 1.52. The second-order valence-corrected chi connectivity index (χ2v) is 8.88. The average Bonchev–Trinajstić information content (AvgIpc) is 2.89. The highest BCUT2D eigenvalue weighted by Gasteiger charge is 2.24. The molecule has 1 amide bonds. The molecular formula is C21H23NO4S2. The normalized spacial score (nSPS) is 16.1. The maximum Gasteiger partial charge on any atom is 0.316 e. The van der Waals surface area contributed by atoms with Crippen LogP contribution in [-0.4, -0.2) is 43.1 Å². The van der Waals surface area contributed by atoms with Crippen LogP contribution in [0, 0.1) is 0 Å². The number of amides is 1. The minimum Gasteiger partial charge on any atom is -0.497 e. The molecule has 148 valence electrons. The number of fused-ring (bicyclic) bond motifs is 1. The smallest absolute Gasteiger partial charge is 0.316 e. The van der Waals surface area contributed by atoms with Crippen LogP contribution in [0.25, 0.3) is 0 Å². The molecule has 1 aliphatic rings. The third-order valence-corrected chi connectivity index (χ3v) is 6.54. The number of nitrogens with zero attached hydrogens (tertiary/aromatic N) is 1. The highest BCUT2D eigenvalue weighted by atomic mass is 32.2. The number of para-hydroxylation sites is 1. The van der Waals surface area contributed by atoms with Gasteiger partial charge in [-0.05, 0) is 42.8 Å². The largest absolute Gasteiger partial charge is 0.497 e. The quantitative estimate of drug-likeness (QED) is 0.517. The number of carbonyl (C=O) groups is 2. The van der Waals surface area contributed by atoms with Crippen molar-refractivity contribution in [2.75, 3.05) is 30.9 Å². The minimum atomic E-state index is -0.403. The van der Waals surface area contributed by atoms with Gasteiger partial charge in [0.25, 0.3) is 5.91 Å². The number of carbonyl (C=O) groups excluding carboxylic acids is 2. The van der Waals surface area contributed by atoms with Crippen LogP contribution in [0.15, 0.2) is 58.3 Å². The van der Waals surface area contributed by atoms with Crippen LogP contribution in [0.2, 0.25) is 0 Å². The Hall–Kier alpha value is -2.12. The van der Waals surface area contributed by atoms with Gasteiger partial charge in [0.2, 0.25) is 0 Å². The van der Waals surface area contributed by atoms with Crippen molar-refractivity contribution in [3.05, 3.63) is 48.5 Å². The van der Waals surface area contributed by atoms with Gasteiger partial charge in [0.05, 0.1) is 18.6 Å². The summed E-state index contributed by atoms with van der Waals surface area (Å²) in [5, 5.41) is 0.433. The molecule has 2 aromatic carbocycles. The number of esters is 1. The number of hydrogen-bond acceptors (Lipinski definition) is 6. The van der Waals surface area contributed by atoms with E-state index >= 15 is 0 Å². The van der Waals surface area contributed by atoms with E-state index in [4.69, 9.17) is 9.47 Å². The second-order valence-electron chi connectivity index (χ2n) is 6.36. The summed E-state index contributed by atoms with van der Waals surface area (Å²) >= 11 is 3.14. The number of thioether (sulfide) groups is 2. The molecule has 2 aromatic rings. The molecule has 0 N–H and O–H groups in total. The molecule has 1 heterocycles. The fraction of sp³-hybridized carbons (Fsp3) is 0.333. The first-order chi connectivity index (χ1) is 13.6. The third-order valence-electron chi connectivity index (χ3n) is 4.32. The van der Waals surface area contributed by atoms with Crippen LogP contribution in [0.3, 0.4) is 0 Å². The SMILES string of the molecule is COc1ccc(SCC(=O)OCC(=O)N2CC[C@H](C)Sc3ccccc32)cc1. The van der Waals surface area contributed by atoms with Gasteiger partial charge in [0, 0.05) is 21.6 Å². The molecule has 0 radical (unpaired) electrons. The van der Waals surface area contributed by atoms with Crippen molar-refractivity contribution in [1.29, 1.82) is 0 Å².